The fourth-order valence-electron chi connectivity index (χ4n) is 2.79. The molecule has 0 saturated carbocycles. The number of nitrogens with one attached hydrogen (secondary N) is 1. The Bertz CT molecular complexity index is 1220. The quantitative estimate of drug-likeness (QED) is 0.405. The van der Waals surface area contributed by atoms with Crippen LogP contribution in [-0.4, -0.2) is 33.4 Å². The number of rotatable bonds is 8. The summed E-state index contributed by atoms with van der Waals surface area (Å²) in [6, 6.07) is 16.3. The molecule has 0 spiro atoms. The third kappa shape index (κ3) is 5.50. The molecule has 0 aliphatic rings. The average molecular weight is 457 g/mol. The maximum absolute atomic E-state index is 13.0. The summed E-state index contributed by atoms with van der Waals surface area (Å²) < 4.78 is 50.8. The zero-order valence-corrected chi connectivity index (χ0v) is 18.1. The summed E-state index contributed by atoms with van der Waals surface area (Å²) in [7, 11) is -2.53. The predicted molar refractivity (Wildman–Crippen MR) is 116 cm³/mol. The number of ether oxygens (including phenoxy) is 2. The van der Waals surface area contributed by atoms with Gasteiger partial charge in [0.15, 0.2) is 6.10 Å². The monoisotopic (exact) mass is 457 g/mol. The molecule has 0 aliphatic heterocycles. The lowest BCUT2D eigenvalue weighted by atomic mass is 10.1. The minimum Gasteiger partial charge on any atom is -0.497 e. The number of ketones is 1. The van der Waals surface area contributed by atoms with Gasteiger partial charge >= 0.3 is 5.97 Å². The first kappa shape index (κ1) is 23.0. The van der Waals surface area contributed by atoms with Crippen LogP contribution >= 0.6 is 0 Å². The summed E-state index contributed by atoms with van der Waals surface area (Å²) in [6.45, 7) is 1.43. The lowest BCUT2D eigenvalue weighted by Gasteiger charge is -2.13. The Kier molecular flexibility index (Phi) is 6.89. The molecule has 3 aromatic carbocycles. The van der Waals surface area contributed by atoms with Crippen molar-refractivity contribution in [1.82, 2.24) is 0 Å². The summed E-state index contributed by atoms with van der Waals surface area (Å²) in [5.41, 5.74) is 0.463. The average Bonchev–Trinajstić information content (AvgIpc) is 2.80. The second-order valence-corrected chi connectivity index (χ2v) is 8.46. The topological polar surface area (TPSA) is 98.8 Å². The van der Waals surface area contributed by atoms with Crippen molar-refractivity contribution in [3.8, 4) is 5.75 Å². The molecule has 0 aromatic heterocycles. The van der Waals surface area contributed by atoms with E-state index in [1.54, 1.807) is 24.3 Å². The van der Waals surface area contributed by atoms with Gasteiger partial charge in [-0.15, -0.1) is 0 Å². The van der Waals surface area contributed by atoms with E-state index in [1.807, 2.05) is 0 Å². The zero-order chi connectivity index (χ0) is 23.3. The number of esters is 1. The molecule has 7 nitrogen and oxygen atoms in total. The molecule has 166 valence electrons. The molecule has 1 unspecified atom stereocenters. The molecule has 0 radical (unpaired) electrons. The van der Waals surface area contributed by atoms with E-state index < -0.39 is 33.7 Å². The van der Waals surface area contributed by atoms with E-state index in [2.05, 4.69) is 4.72 Å². The number of hydrogen-bond donors (Lipinski definition) is 1. The standard InChI is InChI=1S/C23H20FNO6S/c1-15(22(26)16-6-12-20(30-2)13-7-16)31-23(27)17-4-3-5-21(14-17)32(28,29)25-19-10-8-18(24)9-11-19/h3-15,25H,1-2H3. The SMILES string of the molecule is COc1ccc(C(=O)C(C)OC(=O)c2cccc(S(=O)(=O)Nc3ccc(F)cc3)c2)cc1. The van der Waals surface area contributed by atoms with Gasteiger partial charge in [0.2, 0.25) is 5.78 Å². The van der Waals surface area contributed by atoms with E-state index in [0.717, 1.165) is 18.2 Å². The van der Waals surface area contributed by atoms with Crippen LogP contribution in [0.15, 0.2) is 77.7 Å². The molecule has 9 heteroatoms. The van der Waals surface area contributed by atoms with Crippen molar-refractivity contribution in [2.45, 2.75) is 17.9 Å². The van der Waals surface area contributed by atoms with Gasteiger partial charge in [-0.3, -0.25) is 9.52 Å². The minimum absolute atomic E-state index is 0.0404. The number of carbonyl (C=O) groups is 2. The molecule has 0 heterocycles. The van der Waals surface area contributed by atoms with E-state index in [1.165, 1.54) is 44.4 Å². The number of methoxy groups -OCH3 is 1. The van der Waals surface area contributed by atoms with Crippen LogP contribution in [0.3, 0.4) is 0 Å². The van der Waals surface area contributed by atoms with Crippen LogP contribution in [0, 0.1) is 5.82 Å². The van der Waals surface area contributed by atoms with Crippen LogP contribution in [0.4, 0.5) is 10.1 Å². The minimum atomic E-state index is -4.04. The Hall–Kier alpha value is -3.72. The van der Waals surface area contributed by atoms with Gasteiger partial charge in [0.25, 0.3) is 10.0 Å². The first-order valence-electron chi connectivity index (χ1n) is 9.47. The first-order valence-corrected chi connectivity index (χ1v) is 11.0. The van der Waals surface area contributed by atoms with Gasteiger partial charge in [-0.05, 0) is 73.7 Å². The van der Waals surface area contributed by atoms with Gasteiger partial charge < -0.3 is 9.47 Å². The maximum Gasteiger partial charge on any atom is 0.338 e. The number of sulfonamides is 1. The highest BCUT2D eigenvalue weighted by Crippen LogP contribution is 2.19. The van der Waals surface area contributed by atoms with Crippen LogP contribution in [0.5, 0.6) is 5.75 Å². The number of Topliss-reactive ketones (excluding diaryl/α,β-unsaturated/α-hetero) is 1. The van der Waals surface area contributed by atoms with Crippen molar-refractivity contribution in [1.29, 1.82) is 0 Å². The lowest BCUT2D eigenvalue weighted by Crippen LogP contribution is -2.24. The Labute approximate surface area is 184 Å². The van der Waals surface area contributed by atoms with Gasteiger partial charge in [0, 0.05) is 11.3 Å². The second-order valence-electron chi connectivity index (χ2n) is 6.78. The highest BCUT2D eigenvalue weighted by molar-refractivity contribution is 7.92. The fraction of sp³-hybridized carbons (Fsp3) is 0.130. The van der Waals surface area contributed by atoms with Gasteiger partial charge in [-0.2, -0.15) is 0 Å². The molecule has 0 aliphatic carbocycles. The number of halogens is 1. The predicted octanol–water partition coefficient (Wildman–Crippen LogP) is 4.06. The van der Waals surface area contributed by atoms with E-state index in [9.17, 15) is 22.4 Å². The molecule has 3 rings (SSSR count). The van der Waals surface area contributed by atoms with Gasteiger partial charge in [0.1, 0.15) is 11.6 Å². The molecule has 1 N–H and O–H groups in total. The highest BCUT2D eigenvalue weighted by Gasteiger charge is 2.22. The summed E-state index contributed by atoms with van der Waals surface area (Å²) >= 11 is 0. The van der Waals surface area contributed by atoms with Crippen LogP contribution < -0.4 is 9.46 Å². The Morgan fingerprint density at radius 3 is 2.22 bits per heavy atom. The van der Waals surface area contributed by atoms with Gasteiger partial charge in [0.05, 0.1) is 17.6 Å². The molecule has 0 bridgehead atoms. The second kappa shape index (κ2) is 9.61. The summed E-state index contributed by atoms with van der Waals surface area (Å²) in [6.07, 6.45) is -1.09. The van der Waals surface area contributed by atoms with Crippen LogP contribution in [0.25, 0.3) is 0 Å². The van der Waals surface area contributed by atoms with Gasteiger partial charge in [-0.25, -0.2) is 17.6 Å². The van der Waals surface area contributed by atoms with E-state index in [0.29, 0.717) is 11.3 Å². The third-order valence-electron chi connectivity index (χ3n) is 4.50. The van der Waals surface area contributed by atoms with Crippen LogP contribution in [0.1, 0.15) is 27.6 Å². The van der Waals surface area contributed by atoms with E-state index in [-0.39, 0.29) is 16.1 Å². The number of benzene rings is 3. The molecule has 3 aromatic rings. The van der Waals surface area contributed by atoms with Crippen molar-refractivity contribution < 1.29 is 31.9 Å². The molecule has 0 fully saturated rings. The smallest absolute Gasteiger partial charge is 0.338 e. The molecule has 0 amide bonds. The van der Waals surface area contributed by atoms with E-state index >= 15 is 0 Å². The maximum atomic E-state index is 13.0. The van der Waals surface area contributed by atoms with Gasteiger partial charge in [-0.1, -0.05) is 6.07 Å². The summed E-state index contributed by atoms with van der Waals surface area (Å²) in [4.78, 5) is 24.8. The van der Waals surface area contributed by atoms with Crippen molar-refractivity contribution in [3.05, 3.63) is 89.7 Å². The van der Waals surface area contributed by atoms with Crippen LogP contribution in [0.2, 0.25) is 0 Å². The third-order valence-corrected chi connectivity index (χ3v) is 5.88. The molecule has 32 heavy (non-hydrogen) atoms. The Morgan fingerprint density at radius 2 is 1.59 bits per heavy atom. The lowest BCUT2D eigenvalue weighted by molar-refractivity contribution is 0.0318. The number of carbonyl (C=O) groups excluding carboxylic acids is 2. The first-order chi connectivity index (χ1) is 15.2. The zero-order valence-electron chi connectivity index (χ0n) is 17.2. The van der Waals surface area contributed by atoms with Crippen molar-refractivity contribution in [2.24, 2.45) is 0 Å². The number of hydrogen-bond acceptors (Lipinski definition) is 6. The fourth-order valence-corrected chi connectivity index (χ4v) is 3.90. The molecular weight excluding hydrogens is 437 g/mol. The molecule has 0 saturated heterocycles. The van der Waals surface area contributed by atoms with Crippen molar-refractivity contribution in [2.75, 3.05) is 11.8 Å². The highest BCUT2D eigenvalue weighted by atomic mass is 32.2. The van der Waals surface area contributed by atoms with E-state index in [4.69, 9.17) is 9.47 Å². The normalized spacial score (nSPS) is 12.0. The Balaban J connectivity index is 1.72. The largest absolute Gasteiger partial charge is 0.497 e. The molecular formula is C23H20FNO6S. The van der Waals surface area contributed by atoms with Crippen LogP contribution in [-0.2, 0) is 14.8 Å². The van der Waals surface area contributed by atoms with Crippen molar-refractivity contribution >= 4 is 27.5 Å². The molecule has 1 atom stereocenters. The number of anilines is 1. The summed E-state index contributed by atoms with van der Waals surface area (Å²) in [5.74, 6) is -1.18. The Morgan fingerprint density at radius 1 is 0.938 bits per heavy atom. The summed E-state index contributed by atoms with van der Waals surface area (Å²) in [5, 5.41) is 0. The van der Waals surface area contributed by atoms with Crippen molar-refractivity contribution in [3.63, 3.8) is 0 Å².